The molecule has 2 rings (SSSR count). The first-order valence-electron chi connectivity index (χ1n) is 5.83. The van der Waals surface area contributed by atoms with E-state index in [1.54, 1.807) is 31.2 Å². The summed E-state index contributed by atoms with van der Waals surface area (Å²) in [5.41, 5.74) is 0.809. The summed E-state index contributed by atoms with van der Waals surface area (Å²) in [4.78, 5) is 11.6. The number of hydrogen-bond donors (Lipinski definition) is 0. The molecule has 0 spiro atoms. The predicted molar refractivity (Wildman–Crippen MR) is 62.4 cm³/mol. The first kappa shape index (κ1) is 12.1. The summed E-state index contributed by atoms with van der Waals surface area (Å²) in [7, 11) is -3.27. The standard InChI is InChI=1S/C12H14BF2O2/c1-2-17-12(16)10-9(11(10)13(14)15)8-6-4-3-5-7-8/h3-7,9-11,13H,2H2,1H3/q-1/t9?,10-,11-/m0/s1. The van der Waals surface area contributed by atoms with Crippen LogP contribution in [0.1, 0.15) is 18.4 Å². The minimum Gasteiger partial charge on any atom is -0.481 e. The van der Waals surface area contributed by atoms with Crippen molar-refractivity contribution in [1.82, 2.24) is 0 Å². The molecule has 92 valence electrons. The molecule has 1 aromatic carbocycles. The van der Waals surface area contributed by atoms with Gasteiger partial charge in [-0.3, -0.25) is 4.79 Å². The molecule has 1 aromatic rings. The molecule has 1 fully saturated rings. The molecule has 0 heterocycles. The zero-order valence-electron chi connectivity index (χ0n) is 9.61. The molecule has 0 aromatic heterocycles. The lowest BCUT2D eigenvalue weighted by atomic mass is 9.86. The van der Waals surface area contributed by atoms with Crippen molar-refractivity contribution in [1.29, 1.82) is 0 Å². The third-order valence-electron chi connectivity index (χ3n) is 3.27. The molecule has 0 radical (unpaired) electrons. The molecule has 1 aliphatic rings. The van der Waals surface area contributed by atoms with E-state index in [1.165, 1.54) is 0 Å². The Balaban J connectivity index is 2.15. The van der Waals surface area contributed by atoms with E-state index < -0.39 is 25.0 Å². The van der Waals surface area contributed by atoms with Gasteiger partial charge in [-0.2, -0.15) is 0 Å². The number of hydrogen-bond acceptors (Lipinski definition) is 2. The quantitative estimate of drug-likeness (QED) is 0.596. The first-order valence-corrected chi connectivity index (χ1v) is 5.83. The average molecular weight is 239 g/mol. The van der Waals surface area contributed by atoms with Gasteiger partial charge in [0.1, 0.15) is 0 Å². The van der Waals surface area contributed by atoms with E-state index >= 15 is 0 Å². The predicted octanol–water partition coefficient (Wildman–Crippen LogP) is 2.49. The second-order valence-electron chi connectivity index (χ2n) is 4.29. The molecule has 0 bridgehead atoms. The summed E-state index contributed by atoms with van der Waals surface area (Å²) in [6.07, 6.45) is 0. The lowest BCUT2D eigenvalue weighted by Gasteiger charge is -2.03. The Labute approximate surface area is 99.1 Å². The molecular formula is C12H14BF2O2-. The molecular weight excluding hydrogens is 225 g/mol. The van der Waals surface area contributed by atoms with E-state index in [1.807, 2.05) is 6.07 Å². The highest BCUT2D eigenvalue weighted by atomic mass is 19.2. The smallest absolute Gasteiger partial charge is 0.306 e. The minimum atomic E-state index is -3.27. The van der Waals surface area contributed by atoms with Gasteiger partial charge < -0.3 is 13.4 Å². The number of carbonyl (C=O) groups excluding carboxylic acids is 1. The monoisotopic (exact) mass is 239 g/mol. The van der Waals surface area contributed by atoms with E-state index in [0.717, 1.165) is 5.56 Å². The number of halogens is 2. The SMILES string of the molecule is CCOC(=O)[C@H]1C(c2ccccc2)[C@@H]1[BH-](F)F. The number of carbonyl (C=O) groups is 1. The minimum absolute atomic E-state index is 0.238. The Morgan fingerprint density at radius 3 is 2.53 bits per heavy atom. The summed E-state index contributed by atoms with van der Waals surface area (Å²) < 4.78 is 30.6. The highest BCUT2D eigenvalue weighted by molar-refractivity contribution is 6.47. The van der Waals surface area contributed by atoms with Crippen LogP contribution in [0.5, 0.6) is 0 Å². The van der Waals surface area contributed by atoms with Crippen LogP contribution in [0.3, 0.4) is 0 Å². The van der Waals surface area contributed by atoms with Crippen LogP contribution in [-0.4, -0.2) is 19.8 Å². The fourth-order valence-electron chi connectivity index (χ4n) is 2.45. The molecule has 0 aliphatic heterocycles. The summed E-state index contributed by atoms with van der Waals surface area (Å²) in [6.45, 7) is 1.92. The maximum atomic E-state index is 12.9. The van der Waals surface area contributed by atoms with Gasteiger partial charge in [-0.15, -0.1) is 0 Å². The van der Waals surface area contributed by atoms with E-state index in [0.29, 0.717) is 0 Å². The van der Waals surface area contributed by atoms with Crippen molar-refractivity contribution in [2.24, 2.45) is 5.92 Å². The van der Waals surface area contributed by atoms with Crippen molar-refractivity contribution in [2.45, 2.75) is 18.7 Å². The summed E-state index contributed by atoms with van der Waals surface area (Å²) in [6, 6.07) is 9.01. The highest BCUT2D eigenvalue weighted by Crippen LogP contribution is 2.61. The third-order valence-corrected chi connectivity index (χ3v) is 3.27. The third kappa shape index (κ3) is 2.33. The molecule has 0 saturated heterocycles. The zero-order chi connectivity index (χ0) is 12.4. The summed E-state index contributed by atoms with van der Waals surface area (Å²) in [5.74, 6) is -2.30. The van der Waals surface area contributed by atoms with Gasteiger partial charge in [0.05, 0.1) is 6.61 Å². The normalized spacial score (nSPS) is 26.9. The van der Waals surface area contributed by atoms with Gasteiger partial charge in [-0.05, 0) is 18.4 Å². The van der Waals surface area contributed by atoms with Crippen LogP contribution in [0.2, 0.25) is 5.82 Å². The molecule has 1 saturated carbocycles. The Bertz CT molecular complexity index is 397. The number of ether oxygens (including phenoxy) is 1. The van der Waals surface area contributed by atoms with Crippen LogP contribution >= 0.6 is 0 Å². The largest absolute Gasteiger partial charge is 0.481 e. The van der Waals surface area contributed by atoms with Crippen LogP contribution in [-0.2, 0) is 9.53 Å². The van der Waals surface area contributed by atoms with Gasteiger partial charge in [0.2, 0.25) is 0 Å². The Morgan fingerprint density at radius 2 is 2.00 bits per heavy atom. The summed E-state index contributed by atoms with van der Waals surface area (Å²) in [5, 5.41) is 0. The molecule has 17 heavy (non-hydrogen) atoms. The Hall–Kier alpha value is -1.39. The van der Waals surface area contributed by atoms with Crippen LogP contribution < -0.4 is 0 Å². The molecule has 1 aliphatic carbocycles. The van der Waals surface area contributed by atoms with Crippen LogP contribution in [0, 0.1) is 5.92 Å². The molecule has 0 N–H and O–H groups in total. The van der Waals surface area contributed by atoms with Gasteiger partial charge >= 0.3 is 5.97 Å². The van der Waals surface area contributed by atoms with E-state index in [2.05, 4.69) is 0 Å². The van der Waals surface area contributed by atoms with E-state index in [9.17, 15) is 13.4 Å². The van der Waals surface area contributed by atoms with Crippen molar-refractivity contribution >= 4 is 13.2 Å². The van der Waals surface area contributed by atoms with Gasteiger partial charge in [-0.1, -0.05) is 36.1 Å². The fraction of sp³-hybridized carbons (Fsp3) is 0.417. The fourth-order valence-corrected chi connectivity index (χ4v) is 2.45. The van der Waals surface area contributed by atoms with E-state index in [-0.39, 0.29) is 12.5 Å². The van der Waals surface area contributed by atoms with Crippen LogP contribution in [0.25, 0.3) is 0 Å². The summed E-state index contributed by atoms with van der Waals surface area (Å²) >= 11 is 0. The highest BCUT2D eigenvalue weighted by Gasteiger charge is 2.55. The van der Waals surface area contributed by atoms with Gasteiger partial charge in [0, 0.05) is 5.92 Å². The van der Waals surface area contributed by atoms with Crippen molar-refractivity contribution in [3.63, 3.8) is 0 Å². The number of benzene rings is 1. The molecule has 2 nitrogen and oxygen atoms in total. The second kappa shape index (κ2) is 4.86. The molecule has 0 amide bonds. The average Bonchev–Trinajstić information content (AvgIpc) is 3.06. The van der Waals surface area contributed by atoms with E-state index in [4.69, 9.17) is 4.74 Å². The second-order valence-corrected chi connectivity index (χ2v) is 4.29. The zero-order valence-corrected chi connectivity index (χ0v) is 9.61. The van der Waals surface area contributed by atoms with Gasteiger partial charge in [0.15, 0.2) is 0 Å². The van der Waals surface area contributed by atoms with Crippen molar-refractivity contribution in [3.05, 3.63) is 35.9 Å². The molecule has 5 heteroatoms. The first-order chi connectivity index (χ1) is 8.16. The van der Waals surface area contributed by atoms with Crippen LogP contribution in [0.4, 0.5) is 8.63 Å². The van der Waals surface area contributed by atoms with Gasteiger partial charge in [-0.25, -0.2) is 0 Å². The van der Waals surface area contributed by atoms with Gasteiger partial charge in [0.25, 0.3) is 7.27 Å². The topological polar surface area (TPSA) is 26.3 Å². The number of esters is 1. The Morgan fingerprint density at radius 1 is 1.35 bits per heavy atom. The lowest BCUT2D eigenvalue weighted by molar-refractivity contribution is -0.144. The lowest BCUT2D eigenvalue weighted by Crippen LogP contribution is -2.09. The maximum absolute atomic E-state index is 12.9. The van der Waals surface area contributed by atoms with Crippen molar-refractivity contribution in [2.75, 3.05) is 6.61 Å². The molecule has 1 unspecified atom stereocenters. The van der Waals surface area contributed by atoms with Crippen molar-refractivity contribution < 1.29 is 18.2 Å². The van der Waals surface area contributed by atoms with Crippen LogP contribution in [0.15, 0.2) is 30.3 Å². The molecule has 3 atom stereocenters. The Kier molecular flexibility index (Phi) is 3.45. The maximum Gasteiger partial charge on any atom is 0.306 e. The van der Waals surface area contributed by atoms with Crippen molar-refractivity contribution in [3.8, 4) is 0 Å². The number of rotatable bonds is 4.